The molecule has 0 aliphatic carbocycles. The van der Waals surface area contributed by atoms with E-state index in [9.17, 15) is 0 Å². The third-order valence-corrected chi connectivity index (χ3v) is 4.92. The first-order valence-corrected chi connectivity index (χ1v) is 9.96. The molecule has 0 bridgehead atoms. The Balaban J connectivity index is 1.59. The molecule has 2 aromatic rings. The van der Waals surface area contributed by atoms with Gasteiger partial charge in [-0.3, -0.25) is 4.99 Å². The molecule has 0 amide bonds. The summed E-state index contributed by atoms with van der Waals surface area (Å²) in [6.45, 7) is 4.86. The van der Waals surface area contributed by atoms with Crippen LogP contribution >= 0.6 is 15.9 Å². The van der Waals surface area contributed by atoms with Crippen molar-refractivity contribution in [1.29, 1.82) is 0 Å². The van der Waals surface area contributed by atoms with Crippen LogP contribution in [0, 0.1) is 6.92 Å². The second-order valence-corrected chi connectivity index (χ2v) is 7.54. The van der Waals surface area contributed by atoms with Crippen molar-refractivity contribution in [2.24, 2.45) is 4.99 Å². The Hall–Kier alpha value is -2.05. The van der Waals surface area contributed by atoms with Gasteiger partial charge in [0.15, 0.2) is 5.96 Å². The van der Waals surface area contributed by atoms with Gasteiger partial charge in [-0.1, -0.05) is 40.2 Å². The monoisotopic (exact) mass is 431 g/mol. The lowest BCUT2D eigenvalue weighted by Crippen LogP contribution is -2.36. The third kappa shape index (κ3) is 5.97. The Bertz CT molecular complexity index is 789. The van der Waals surface area contributed by atoms with E-state index in [0.717, 1.165) is 34.8 Å². The third-order valence-electron chi connectivity index (χ3n) is 4.42. The molecule has 5 nitrogen and oxygen atoms in total. The van der Waals surface area contributed by atoms with E-state index in [-0.39, 0.29) is 6.10 Å². The predicted molar refractivity (Wildman–Crippen MR) is 112 cm³/mol. The van der Waals surface area contributed by atoms with Gasteiger partial charge in [0.05, 0.1) is 13.2 Å². The first kappa shape index (κ1) is 19.7. The van der Waals surface area contributed by atoms with Crippen molar-refractivity contribution in [1.82, 2.24) is 10.6 Å². The molecule has 1 fully saturated rings. The van der Waals surface area contributed by atoms with Gasteiger partial charge in [0.25, 0.3) is 0 Å². The highest BCUT2D eigenvalue weighted by Crippen LogP contribution is 2.23. The molecule has 2 aromatic carbocycles. The minimum atomic E-state index is 0.138. The average molecular weight is 432 g/mol. The molecule has 1 aliphatic rings. The molecule has 1 aliphatic heterocycles. The van der Waals surface area contributed by atoms with Crippen LogP contribution in [0.3, 0.4) is 0 Å². The van der Waals surface area contributed by atoms with Gasteiger partial charge in [-0.2, -0.15) is 0 Å². The molecule has 2 N–H and O–H groups in total. The Kier molecular flexibility index (Phi) is 7.12. The van der Waals surface area contributed by atoms with Gasteiger partial charge in [-0.15, -0.1) is 0 Å². The number of guanidine groups is 1. The lowest BCUT2D eigenvalue weighted by molar-refractivity contribution is 0.140. The second-order valence-electron chi connectivity index (χ2n) is 6.62. The molecule has 0 spiro atoms. The van der Waals surface area contributed by atoms with Crippen LogP contribution in [0.25, 0.3) is 0 Å². The van der Waals surface area contributed by atoms with Gasteiger partial charge < -0.3 is 20.1 Å². The van der Waals surface area contributed by atoms with Crippen LogP contribution in [-0.2, 0) is 17.8 Å². The Labute approximate surface area is 169 Å². The van der Waals surface area contributed by atoms with E-state index < -0.39 is 0 Å². The molecule has 0 radical (unpaired) electrons. The maximum absolute atomic E-state index is 6.17. The van der Waals surface area contributed by atoms with Crippen molar-refractivity contribution in [3.8, 4) is 5.75 Å². The standard InChI is InChI=1S/C21H26BrN3O2/c1-15-6-7-17(20(10-15)27-19-8-9-26-14-19)13-25-21(23-2)24-12-16-4-3-5-18(22)11-16/h3-7,10-11,19H,8-9,12-14H2,1-2H3,(H2,23,24,25). The summed E-state index contributed by atoms with van der Waals surface area (Å²) in [5.74, 6) is 1.67. The minimum Gasteiger partial charge on any atom is -0.488 e. The van der Waals surface area contributed by atoms with Crippen LogP contribution in [0.2, 0.25) is 0 Å². The quantitative estimate of drug-likeness (QED) is 0.539. The molecule has 6 heteroatoms. The van der Waals surface area contributed by atoms with Crippen molar-refractivity contribution >= 4 is 21.9 Å². The Morgan fingerprint density at radius 3 is 2.81 bits per heavy atom. The first-order valence-electron chi connectivity index (χ1n) is 9.17. The normalized spacial score (nSPS) is 17.0. The van der Waals surface area contributed by atoms with Crippen molar-refractivity contribution in [2.45, 2.75) is 32.5 Å². The molecule has 0 aromatic heterocycles. The summed E-state index contributed by atoms with van der Waals surface area (Å²) in [4.78, 5) is 4.31. The van der Waals surface area contributed by atoms with Crippen LogP contribution in [0.1, 0.15) is 23.1 Å². The minimum absolute atomic E-state index is 0.138. The smallest absolute Gasteiger partial charge is 0.191 e. The molecule has 144 valence electrons. The van der Waals surface area contributed by atoms with E-state index in [0.29, 0.717) is 19.7 Å². The topological polar surface area (TPSA) is 54.9 Å². The summed E-state index contributed by atoms with van der Waals surface area (Å²) in [5, 5.41) is 6.72. The SMILES string of the molecule is CN=C(NCc1cccc(Br)c1)NCc1ccc(C)cc1OC1CCOC1. The summed E-state index contributed by atoms with van der Waals surface area (Å²) < 4.78 is 12.7. The van der Waals surface area contributed by atoms with E-state index >= 15 is 0 Å². The van der Waals surface area contributed by atoms with E-state index in [1.165, 1.54) is 11.1 Å². The molecule has 1 atom stereocenters. The molecule has 0 saturated carbocycles. The van der Waals surface area contributed by atoms with Crippen LogP contribution < -0.4 is 15.4 Å². The zero-order valence-electron chi connectivity index (χ0n) is 15.8. The fraction of sp³-hybridized carbons (Fsp3) is 0.381. The highest BCUT2D eigenvalue weighted by atomic mass is 79.9. The number of nitrogens with one attached hydrogen (secondary N) is 2. The van der Waals surface area contributed by atoms with Gasteiger partial charge in [-0.25, -0.2) is 0 Å². The number of nitrogens with zero attached hydrogens (tertiary/aromatic N) is 1. The number of aryl methyl sites for hydroxylation is 1. The lowest BCUT2D eigenvalue weighted by atomic mass is 10.1. The van der Waals surface area contributed by atoms with E-state index in [1.54, 1.807) is 7.05 Å². The molecule has 1 heterocycles. The fourth-order valence-corrected chi connectivity index (χ4v) is 3.38. The van der Waals surface area contributed by atoms with Crippen LogP contribution in [0.15, 0.2) is 51.9 Å². The van der Waals surface area contributed by atoms with Crippen LogP contribution in [0.4, 0.5) is 0 Å². The Morgan fingerprint density at radius 2 is 2.07 bits per heavy atom. The zero-order valence-corrected chi connectivity index (χ0v) is 17.4. The van der Waals surface area contributed by atoms with Gasteiger partial charge in [0.2, 0.25) is 0 Å². The van der Waals surface area contributed by atoms with Crippen LogP contribution in [-0.4, -0.2) is 32.3 Å². The van der Waals surface area contributed by atoms with Gasteiger partial charge in [0.1, 0.15) is 11.9 Å². The van der Waals surface area contributed by atoms with Crippen molar-refractivity contribution in [2.75, 3.05) is 20.3 Å². The number of halogens is 1. The number of benzene rings is 2. The first-order chi connectivity index (χ1) is 13.1. The van der Waals surface area contributed by atoms with E-state index in [1.807, 2.05) is 12.1 Å². The maximum atomic E-state index is 6.17. The molecule has 3 rings (SSSR count). The zero-order chi connectivity index (χ0) is 19.1. The van der Waals surface area contributed by atoms with Crippen molar-refractivity contribution in [3.05, 3.63) is 63.6 Å². The summed E-state index contributed by atoms with van der Waals surface area (Å²) in [6, 6.07) is 14.5. The highest BCUT2D eigenvalue weighted by molar-refractivity contribution is 9.10. The molecule has 27 heavy (non-hydrogen) atoms. The highest BCUT2D eigenvalue weighted by Gasteiger charge is 2.18. The second kappa shape index (κ2) is 9.76. The number of ether oxygens (including phenoxy) is 2. The van der Waals surface area contributed by atoms with E-state index in [4.69, 9.17) is 9.47 Å². The molecule has 1 unspecified atom stereocenters. The number of hydrogen-bond donors (Lipinski definition) is 2. The fourth-order valence-electron chi connectivity index (χ4n) is 2.94. The molecule has 1 saturated heterocycles. The largest absolute Gasteiger partial charge is 0.488 e. The molecular formula is C21H26BrN3O2. The van der Waals surface area contributed by atoms with Crippen molar-refractivity contribution in [3.63, 3.8) is 0 Å². The van der Waals surface area contributed by atoms with Crippen LogP contribution in [0.5, 0.6) is 5.75 Å². The summed E-state index contributed by atoms with van der Waals surface area (Å²) >= 11 is 3.50. The summed E-state index contributed by atoms with van der Waals surface area (Å²) in [7, 11) is 1.78. The lowest BCUT2D eigenvalue weighted by Gasteiger charge is -2.18. The summed E-state index contributed by atoms with van der Waals surface area (Å²) in [5.41, 5.74) is 3.48. The predicted octanol–water partition coefficient (Wildman–Crippen LogP) is 3.79. The Morgan fingerprint density at radius 1 is 1.22 bits per heavy atom. The van der Waals surface area contributed by atoms with E-state index in [2.05, 4.69) is 68.8 Å². The maximum Gasteiger partial charge on any atom is 0.191 e. The summed E-state index contributed by atoms with van der Waals surface area (Å²) in [6.07, 6.45) is 1.08. The van der Waals surface area contributed by atoms with Gasteiger partial charge >= 0.3 is 0 Å². The average Bonchev–Trinajstić information content (AvgIpc) is 3.16. The van der Waals surface area contributed by atoms with Gasteiger partial charge in [0, 0.05) is 36.6 Å². The van der Waals surface area contributed by atoms with Crippen molar-refractivity contribution < 1.29 is 9.47 Å². The number of aliphatic imine (C=N–C) groups is 1. The number of rotatable bonds is 6. The number of hydrogen-bond acceptors (Lipinski definition) is 3. The van der Waals surface area contributed by atoms with Gasteiger partial charge in [-0.05, 0) is 36.2 Å². The molecular weight excluding hydrogens is 406 g/mol.